The van der Waals surface area contributed by atoms with Crippen molar-refractivity contribution in [3.05, 3.63) is 70.8 Å². The zero-order valence-corrected chi connectivity index (χ0v) is 17.9. The van der Waals surface area contributed by atoms with E-state index in [4.69, 9.17) is 9.72 Å². The molecule has 2 atom stereocenters. The number of rotatable bonds is 6. The van der Waals surface area contributed by atoms with E-state index in [9.17, 15) is 4.79 Å². The van der Waals surface area contributed by atoms with Crippen LogP contribution < -0.4 is 5.56 Å². The van der Waals surface area contributed by atoms with Gasteiger partial charge < -0.3 is 4.74 Å². The molecule has 2 aromatic carbocycles. The average Bonchev–Trinajstić information content (AvgIpc) is 3.49. The highest BCUT2D eigenvalue weighted by molar-refractivity contribution is 7.99. The van der Waals surface area contributed by atoms with Gasteiger partial charge in [0, 0.05) is 6.61 Å². The largest absolute Gasteiger partial charge is 0.376 e. The van der Waals surface area contributed by atoms with Crippen LogP contribution in [-0.4, -0.2) is 42.5 Å². The Hall–Kier alpha value is -3.04. The average molecular weight is 435 g/mol. The number of ether oxygens (including phenoxy) is 1. The van der Waals surface area contributed by atoms with Crippen LogP contribution in [0, 0.1) is 0 Å². The third kappa shape index (κ3) is 3.98. The standard InChI is InChI=1S/C22H22N6O2S/c1-15(20-24-25-26-28(20)16-8-3-2-4-9-16)31-22-23-19-12-6-5-11-18(19)21(29)27(22)14-17-10-7-13-30-17/h2-6,8-9,11-12,15,17H,7,10,13-14H2,1H3. The molecule has 158 valence electrons. The highest BCUT2D eigenvalue weighted by atomic mass is 32.2. The summed E-state index contributed by atoms with van der Waals surface area (Å²) in [5, 5.41) is 13.4. The van der Waals surface area contributed by atoms with Gasteiger partial charge in [-0.15, -0.1) is 5.10 Å². The first kappa shape index (κ1) is 19.9. The van der Waals surface area contributed by atoms with Gasteiger partial charge in [-0.3, -0.25) is 9.36 Å². The van der Waals surface area contributed by atoms with E-state index in [1.165, 1.54) is 11.8 Å². The molecule has 0 amide bonds. The van der Waals surface area contributed by atoms with Crippen LogP contribution in [0.5, 0.6) is 0 Å². The molecule has 0 spiro atoms. The van der Waals surface area contributed by atoms with E-state index in [-0.39, 0.29) is 16.9 Å². The lowest BCUT2D eigenvalue weighted by Gasteiger charge is -2.18. The maximum absolute atomic E-state index is 13.3. The molecule has 1 aliphatic heterocycles. The number of nitrogens with zero attached hydrogens (tertiary/aromatic N) is 6. The van der Waals surface area contributed by atoms with Crippen molar-refractivity contribution < 1.29 is 4.74 Å². The van der Waals surface area contributed by atoms with E-state index in [1.807, 2.05) is 61.5 Å². The Balaban J connectivity index is 1.53. The number of fused-ring (bicyclic) bond motifs is 1. The summed E-state index contributed by atoms with van der Waals surface area (Å²) >= 11 is 1.48. The van der Waals surface area contributed by atoms with E-state index in [2.05, 4.69) is 15.5 Å². The highest BCUT2D eigenvalue weighted by Crippen LogP contribution is 2.33. The number of tetrazole rings is 1. The van der Waals surface area contributed by atoms with Crippen LogP contribution in [0.2, 0.25) is 0 Å². The lowest BCUT2D eigenvalue weighted by Crippen LogP contribution is -2.29. The van der Waals surface area contributed by atoms with Crippen molar-refractivity contribution in [2.45, 2.75) is 42.8 Å². The number of hydrogen-bond acceptors (Lipinski definition) is 7. The first-order valence-corrected chi connectivity index (χ1v) is 11.2. The number of para-hydroxylation sites is 2. The first-order chi connectivity index (χ1) is 15.2. The third-order valence-electron chi connectivity index (χ3n) is 5.38. The quantitative estimate of drug-likeness (QED) is 0.339. The van der Waals surface area contributed by atoms with Gasteiger partial charge in [0.15, 0.2) is 11.0 Å². The molecule has 1 saturated heterocycles. The SMILES string of the molecule is CC(Sc1nc2ccccc2c(=O)n1CC1CCCO1)c1nnnn1-c1ccccc1. The van der Waals surface area contributed by atoms with Crippen molar-refractivity contribution >= 4 is 22.7 Å². The zero-order valence-electron chi connectivity index (χ0n) is 17.1. The Morgan fingerprint density at radius 1 is 1.16 bits per heavy atom. The van der Waals surface area contributed by atoms with Gasteiger partial charge in [0.05, 0.1) is 34.5 Å². The van der Waals surface area contributed by atoms with Gasteiger partial charge in [-0.25, -0.2) is 4.98 Å². The molecule has 5 rings (SSSR count). The smallest absolute Gasteiger partial charge is 0.262 e. The lowest BCUT2D eigenvalue weighted by molar-refractivity contribution is 0.0937. The second kappa shape index (κ2) is 8.60. The molecule has 0 N–H and O–H groups in total. The van der Waals surface area contributed by atoms with Crippen LogP contribution in [-0.2, 0) is 11.3 Å². The van der Waals surface area contributed by atoms with Crippen LogP contribution in [0.15, 0.2) is 64.5 Å². The van der Waals surface area contributed by atoms with E-state index in [1.54, 1.807) is 9.25 Å². The molecule has 0 radical (unpaired) electrons. The summed E-state index contributed by atoms with van der Waals surface area (Å²) in [6.07, 6.45) is 2.00. The molecule has 1 aliphatic rings. The third-order valence-corrected chi connectivity index (χ3v) is 6.46. The summed E-state index contributed by atoms with van der Waals surface area (Å²) in [7, 11) is 0. The predicted octanol–water partition coefficient (Wildman–Crippen LogP) is 3.40. The van der Waals surface area contributed by atoms with Crippen molar-refractivity contribution in [3.8, 4) is 5.69 Å². The number of benzene rings is 2. The van der Waals surface area contributed by atoms with Gasteiger partial charge in [-0.2, -0.15) is 4.68 Å². The van der Waals surface area contributed by atoms with Gasteiger partial charge in [0.25, 0.3) is 5.56 Å². The lowest BCUT2D eigenvalue weighted by atomic mass is 10.2. The fraction of sp³-hybridized carbons (Fsp3) is 0.318. The summed E-state index contributed by atoms with van der Waals surface area (Å²) in [5.74, 6) is 0.697. The van der Waals surface area contributed by atoms with Crippen molar-refractivity contribution in [1.82, 2.24) is 29.8 Å². The summed E-state index contributed by atoms with van der Waals surface area (Å²) in [5.41, 5.74) is 1.53. The molecule has 2 unspecified atom stereocenters. The Morgan fingerprint density at radius 2 is 1.97 bits per heavy atom. The van der Waals surface area contributed by atoms with Crippen LogP contribution >= 0.6 is 11.8 Å². The van der Waals surface area contributed by atoms with Crippen molar-refractivity contribution in [2.24, 2.45) is 0 Å². The van der Waals surface area contributed by atoms with Crippen LogP contribution in [0.4, 0.5) is 0 Å². The number of hydrogen-bond donors (Lipinski definition) is 0. The normalized spacial score (nSPS) is 17.3. The molecular weight excluding hydrogens is 412 g/mol. The minimum Gasteiger partial charge on any atom is -0.376 e. The Labute approximate surface area is 183 Å². The molecule has 0 saturated carbocycles. The van der Waals surface area contributed by atoms with Gasteiger partial charge >= 0.3 is 0 Å². The zero-order chi connectivity index (χ0) is 21.2. The topological polar surface area (TPSA) is 87.7 Å². The van der Waals surface area contributed by atoms with E-state index in [0.29, 0.717) is 28.4 Å². The van der Waals surface area contributed by atoms with Crippen molar-refractivity contribution in [2.75, 3.05) is 6.61 Å². The fourth-order valence-corrected chi connectivity index (χ4v) is 4.81. The van der Waals surface area contributed by atoms with Crippen molar-refractivity contribution in [3.63, 3.8) is 0 Å². The molecule has 9 heteroatoms. The van der Waals surface area contributed by atoms with Gasteiger partial charge in [0.2, 0.25) is 0 Å². The summed E-state index contributed by atoms with van der Waals surface area (Å²) < 4.78 is 9.27. The Kier molecular flexibility index (Phi) is 5.52. The predicted molar refractivity (Wildman–Crippen MR) is 118 cm³/mol. The Bertz CT molecular complexity index is 1250. The van der Waals surface area contributed by atoms with Gasteiger partial charge in [0.1, 0.15) is 0 Å². The van der Waals surface area contributed by atoms with Crippen LogP contribution in [0.3, 0.4) is 0 Å². The maximum atomic E-state index is 13.3. The number of aromatic nitrogens is 6. The minimum atomic E-state index is -0.126. The van der Waals surface area contributed by atoms with Gasteiger partial charge in [-0.05, 0) is 54.5 Å². The highest BCUT2D eigenvalue weighted by Gasteiger charge is 2.23. The molecule has 0 aliphatic carbocycles. The Morgan fingerprint density at radius 3 is 2.77 bits per heavy atom. The maximum Gasteiger partial charge on any atom is 0.262 e. The second-order valence-corrected chi connectivity index (χ2v) is 8.81. The van der Waals surface area contributed by atoms with E-state index >= 15 is 0 Å². The molecule has 1 fully saturated rings. The summed E-state index contributed by atoms with van der Waals surface area (Å²) in [6.45, 7) is 3.26. The molecule has 8 nitrogen and oxygen atoms in total. The van der Waals surface area contributed by atoms with E-state index in [0.717, 1.165) is 25.1 Å². The van der Waals surface area contributed by atoms with E-state index < -0.39 is 0 Å². The molecule has 0 bridgehead atoms. The van der Waals surface area contributed by atoms with Gasteiger partial charge in [-0.1, -0.05) is 42.1 Å². The monoisotopic (exact) mass is 434 g/mol. The van der Waals surface area contributed by atoms with Crippen LogP contribution in [0.1, 0.15) is 30.8 Å². The first-order valence-electron chi connectivity index (χ1n) is 10.3. The molecule has 4 aromatic rings. The summed E-state index contributed by atoms with van der Waals surface area (Å²) in [4.78, 5) is 18.1. The fourth-order valence-electron chi connectivity index (χ4n) is 3.80. The molecule has 3 heterocycles. The number of thioether (sulfide) groups is 1. The second-order valence-electron chi connectivity index (χ2n) is 7.51. The molecular formula is C22H22N6O2S. The molecule has 2 aromatic heterocycles. The minimum absolute atomic E-state index is 0.0324. The van der Waals surface area contributed by atoms with Crippen LogP contribution in [0.25, 0.3) is 16.6 Å². The summed E-state index contributed by atoms with van der Waals surface area (Å²) in [6, 6.07) is 17.2. The molecule has 31 heavy (non-hydrogen) atoms. The van der Waals surface area contributed by atoms with Crippen molar-refractivity contribution in [1.29, 1.82) is 0 Å².